The second-order valence-corrected chi connectivity index (χ2v) is 5.42. The fourth-order valence-corrected chi connectivity index (χ4v) is 2.75. The maximum Gasteiger partial charge on any atom is 0.408 e. The van der Waals surface area contributed by atoms with Crippen molar-refractivity contribution in [3.8, 4) is 0 Å². The zero-order valence-corrected chi connectivity index (χ0v) is 11.8. The third-order valence-corrected chi connectivity index (χ3v) is 3.94. The molecule has 1 amide bonds. The minimum absolute atomic E-state index is 0.0368. The van der Waals surface area contributed by atoms with E-state index >= 15 is 0 Å². The van der Waals surface area contributed by atoms with Crippen LogP contribution in [0, 0.1) is 5.82 Å². The molecule has 1 aliphatic heterocycles. The Balaban J connectivity index is 2.18. The summed E-state index contributed by atoms with van der Waals surface area (Å²) < 4.78 is 52.5. The molecule has 7 heteroatoms. The van der Waals surface area contributed by atoms with Crippen LogP contribution in [0.25, 0.3) is 0 Å². The maximum atomic E-state index is 13.6. The van der Waals surface area contributed by atoms with Gasteiger partial charge in [0.25, 0.3) is 0 Å². The Morgan fingerprint density at radius 2 is 2.05 bits per heavy atom. The molecule has 2 rings (SSSR count). The topological polar surface area (TPSA) is 20.3 Å². The summed E-state index contributed by atoms with van der Waals surface area (Å²) in [6.07, 6.45) is -4.09. The first-order chi connectivity index (χ1) is 9.80. The third-order valence-electron chi connectivity index (χ3n) is 3.59. The molecule has 1 heterocycles. The van der Waals surface area contributed by atoms with Crippen molar-refractivity contribution in [3.05, 3.63) is 34.6 Å². The van der Waals surface area contributed by atoms with Crippen LogP contribution in [0.15, 0.2) is 18.2 Å². The third kappa shape index (κ3) is 3.67. The van der Waals surface area contributed by atoms with Gasteiger partial charge in [-0.15, -0.1) is 0 Å². The van der Waals surface area contributed by atoms with E-state index in [4.69, 9.17) is 11.6 Å². The molecule has 1 unspecified atom stereocenters. The lowest BCUT2D eigenvalue weighted by molar-refractivity contribution is -0.195. The van der Waals surface area contributed by atoms with Crippen LogP contribution in [0.2, 0.25) is 5.02 Å². The number of halogens is 5. The summed E-state index contributed by atoms with van der Waals surface area (Å²) in [5.74, 6) is -1.43. The Morgan fingerprint density at radius 1 is 1.33 bits per heavy atom. The lowest BCUT2D eigenvalue weighted by Gasteiger charge is -2.36. The van der Waals surface area contributed by atoms with E-state index in [1.165, 1.54) is 12.1 Å². The van der Waals surface area contributed by atoms with E-state index in [9.17, 15) is 22.4 Å². The molecular weight excluding hydrogens is 310 g/mol. The molecule has 2 nitrogen and oxygen atoms in total. The van der Waals surface area contributed by atoms with Gasteiger partial charge < -0.3 is 4.90 Å². The Hall–Kier alpha value is -1.30. The molecule has 0 aromatic heterocycles. The lowest BCUT2D eigenvalue weighted by atomic mass is 10.00. The molecule has 1 atom stereocenters. The van der Waals surface area contributed by atoms with Crippen molar-refractivity contribution in [3.63, 3.8) is 0 Å². The highest BCUT2D eigenvalue weighted by Crippen LogP contribution is 2.32. The molecule has 0 spiro atoms. The number of piperidine rings is 1. The summed E-state index contributed by atoms with van der Waals surface area (Å²) in [7, 11) is 0. The molecule has 0 radical (unpaired) electrons. The first-order valence-corrected chi connectivity index (χ1v) is 6.97. The molecule has 116 valence electrons. The van der Waals surface area contributed by atoms with Gasteiger partial charge in [-0.3, -0.25) is 4.79 Å². The van der Waals surface area contributed by atoms with Crippen LogP contribution >= 0.6 is 11.6 Å². The normalized spacial score (nSPS) is 19.7. The summed E-state index contributed by atoms with van der Waals surface area (Å²) in [5, 5.41) is 0.0453. The van der Waals surface area contributed by atoms with Crippen molar-refractivity contribution in [1.82, 2.24) is 4.90 Å². The molecule has 1 saturated heterocycles. The van der Waals surface area contributed by atoms with E-state index in [2.05, 4.69) is 0 Å². The molecule has 0 saturated carbocycles. The molecule has 0 bridgehead atoms. The van der Waals surface area contributed by atoms with Crippen LogP contribution in [0.1, 0.15) is 24.8 Å². The lowest BCUT2D eigenvalue weighted by Crippen LogP contribution is -2.51. The van der Waals surface area contributed by atoms with Crippen molar-refractivity contribution >= 4 is 17.5 Å². The fourth-order valence-electron chi connectivity index (χ4n) is 2.52. The largest absolute Gasteiger partial charge is 0.408 e. The number of benzene rings is 1. The molecule has 1 fully saturated rings. The van der Waals surface area contributed by atoms with Crippen LogP contribution in [0.5, 0.6) is 0 Å². The number of hydrogen-bond donors (Lipinski definition) is 0. The zero-order valence-electron chi connectivity index (χ0n) is 11.1. The van der Waals surface area contributed by atoms with E-state index in [-0.39, 0.29) is 23.6 Å². The van der Waals surface area contributed by atoms with Gasteiger partial charge in [0.05, 0.1) is 6.42 Å². The van der Waals surface area contributed by atoms with Gasteiger partial charge in [-0.05, 0) is 31.4 Å². The summed E-state index contributed by atoms with van der Waals surface area (Å²) in [6, 6.07) is 2.13. The molecule has 1 aromatic carbocycles. The highest BCUT2D eigenvalue weighted by Gasteiger charge is 2.46. The van der Waals surface area contributed by atoms with Crippen molar-refractivity contribution in [2.75, 3.05) is 6.54 Å². The number of rotatable bonds is 2. The van der Waals surface area contributed by atoms with Gasteiger partial charge in [0.15, 0.2) is 0 Å². The minimum Gasteiger partial charge on any atom is -0.330 e. The molecule has 21 heavy (non-hydrogen) atoms. The van der Waals surface area contributed by atoms with E-state index in [0.29, 0.717) is 12.8 Å². The Morgan fingerprint density at radius 3 is 2.67 bits per heavy atom. The van der Waals surface area contributed by atoms with E-state index in [1.54, 1.807) is 0 Å². The number of carbonyl (C=O) groups excluding carboxylic acids is 1. The summed E-state index contributed by atoms with van der Waals surface area (Å²) >= 11 is 5.81. The van der Waals surface area contributed by atoms with E-state index < -0.39 is 30.4 Å². The predicted molar refractivity (Wildman–Crippen MR) is 70.5 cm³/mol. The number of carbonyl (C=O) groups is 1. The van der Waals surface area contributed by atoms with Gasteiger partial charge in [-0.1, -0.05) is 17.7 Å². The number of likely N-dealkylation sites (tertiary alicyclic amines) is 1. The monoisotopic (exact) mass is 323 g/mol. The molecule has 1 aromatic rings. The van der Waals surface area contributed by atoms with Crippen LogP contribution < -0.4 is 0 Å². The van der Waals surface area contributed by atoms with Crippen molar-refractivity contribution in [2.24, 2.45) is 0 Å². The Labute approximate surface area is 124 Å². The van der Waals surface area contributed by atoms with E-state index in [1.807, 2.05) is 0 Å². The fraction of sp³-hybridized carbons (Fsp3) is 0.500. The smallest absolute Gasteiger partial charge is 0.330 e. The number of nitrogens with zero attached hydrogens (tertiary/aromatic N) is 1. The quantitative estimate of drug-likeness (QED) is 0.754. The highest BCUT2D eigenvalue weighted by atomic mass is 35.5. The molecule has 0 N–H and O–H groups in total. The summed E-state index contributed by atoms with van der Waals surface area (Å²) in [6.45, 7) is 0.0368. The summed E-state index contributed by atoms with van der Waals surface area (Å²) in [5.41, 5.74) is -0.0596. The zero-order chi connectivity index (χ0) is 15.6. The average molecular weight is 324 g/mol. The number of alkyl halides is 3. The van der Waals surface area contributed by atoms with Crippen LogP contribution in [-0.4, -0.2) is 29.6 Å². The number of hydrogen-bond acceptors (Lipinski definition) is 1. The first-order valence-electron chi connectivity index (χ1n) is 6.60. The molecule has 1 aliphatic rings. The SMILES string of the molecule is O=C(Cc1c(F)cccc1Cl)N1CCCCC1C(F)(F)F. The van der Waals surface area contributed by atoms with E-state index in [0.717, 1.165) is 11.0 Å². The first kappa shape index (κ1) is 16.1. The molecular formula is C14H14ClF4NO. The van der Waals surface area contributed by atoms with Gasteiger partial charge in [0.1, 0.15) is 11.9 Å². The van der Waals surface area contributed by atoms with Gasteiger partial charge in [0, 0.05) is 17.1 Å². The van der Waals surface area contributed by atoms with Gasteiger partial charge in [-0.2, -0.15) is 13.2 Å². The maximum absolute atomic E-state index is 13.6. The van der Waals surface area contributed by atoms with Crippen LogP contribution in [-0.2, 0) is 11.2 Å². The Kier molecular flexibility index (Phi) is 4.76. The van der Waals surface area contributed by atoms with Crippen molar-refractivity contribution in [2.45, 2.75) is 37.9 Å². The highest BCUT2D eigenvalue weighted by molar-refractivity contribution is 6.31. The second-order valence-electron chi connectivity index (χ2n) is 5.02. The van der Waals surface area contributed by atoms with Gasteiger partial charge >= 0.3 is 6.18 Å². The average Bonchev–Trinajstić information content (AvgIpc) is 2.42. The Bertz CT molecular complexity index is 512. The predicted octanol–water partition coefficient (Wildman–Crippen LogP) is 3.97. The van der Waals surface area contributed by atoms with Gasteiger partial charge in [0.2, 0.25) is 5.91 Å². The standard InChI is InChI=1S/C14H14ClF4NO/c15-10-4-3-5-11(16)9(10)8-13(21)20-7-2-1-6-12(20)14(17,18)19/h3-5,12H,1-2,6-8H2. The molecule has 0 aliphatic carbocycles. The van der Waals surface area contributed by atoms with Crippen LogP contribution in [0.3, 0.4) is 0 Å². The summed E-state index contributed by atoms with van der Waals surface area (Å²) in [4.78, 5) is 12.9. The second kappa shape index (κ2) is 6.22. The number of amides is 1. The van der Waals surface area contributed by atoms with Crippen molar-refractivity contribution < 1.29 is 22.4 Å². The van der Waals surface area contributed by atoms with Crippen LogP contribution in [0.4, 0.5) is 17.6 Å². The van der Waals surface area contributed by atoms with Crippen molar-refractivity contribution in [1.29, 1.82) is 0 Å². The minimum atomic E-state index is -4.46. The van der Waals surface area contributed by atoms with Gasteiger partial charge in [-0.25, -0.2) is 4.39 Å².